The summed E-state index contributed by atoms with van der Waals surface area (Å²) in [4.78, 5) is 11.4. The number of carbonyl (C=O) groups excluding carboxylic acids is 1. The van der Waals surface area contributed by atoms with E-state index in [1.54, 1.807) is 0 Å². The third kappa shape index (κ3) is 3.39. The first-order chi connectivity index (χ1) is 7.00. The van der Waals surface area contributed by atoms with Gasteiger partial charge in [0, 0.05) is 11.6 Å². The first kappa shape index (κ1) is 11.8. The molecule has 1 aromatic rings. The van der Waals surface area contributed by atoms with Crippen molar-refractivity contribution in [1.29, 1.82) is 0 Å². The van der Waals surface area contributed by atoms with Crippen molar-refractivity contribution < 1.29 is 4.79 Å². The average molecular weight is 205 g/mol. The van der Waals surface area contributed by atoms with E-state index in [0.717, 1.165) is 5.69 Å². The largest absolute Gasteiger partial charge is 0.326 e. The van der Waals surface area contributed by atoms with E-state index >= 15 is 0 Å². The van der Waals surface area contributed by atoms with Crippen molar-refractivity contribution in [2.24, 2.45) is 5.92 Å². The highest BCUT2D eigenvalue weighted by atomic mass is 16.1. The summed E-state index contributed by atoms with van der Waals surface area (Å²) < 4.78 is 0. The SMILES string of the molecule is CC(C)C(=O)Nc1ccc(C(C)C)cc1. The molecule has 1 amide bonds. The molecule has 2 nitrogen and oxygen atoms in total. The lowest BCUT2D eigenvalue weighted by Gasteiger charge is -2.09. The van der Waals surface area contributed by atoms with Gasteiger partial charge in [0.05, 0.1) is 0 Å². The van der Waals surface area contributed by atoms with E-state index in [1.165, 1.54) is 5.56 Å². The molecule has 0 aromatic heterocycles. The molecule has 0 aliphatic rings. The van der Waals surface area contributed by atoms with Crippen molar-refractivity contribution in [1.82, 2.24) is 0 Å². The monoisotopic (exact) mass is 205 g/mol. The van der Waals surface area contributed by atoms with Crippen LogP contribution in [-0.4, -0.2) is 5.91 Å². The Balaban J connectivity index is 2.69. The van der Waals surface area contributed by atoms with Gasteiger partial charge in [-0.2, -0.15) is 0 Å². The maximum atomic E-state index is 11.4. The van der Waals surface area contributed by atoms with Gasteiger partial charge in [0.2, 0.25) is 5.91 Å². The molecule has 0 unspecified atom stereocenters. The van der Waals surface area contributed by atoms with Gasteiger partial charge in [-0.15, -0.1) is 0 Å². The summed E-state index contributed by atoms with van der Waals surface area (Å²) in [6, 6.07) is 8.02. The molecular formula is C13H19NO. The van der Waals surface area contributed by atoms with Gasteiger partial charge >= 0.3 is 0 Å². The van der Waals surface area contributed by atoms with Crippen molar-refractivity contribution in [3.63, 3.8) is 0 Å². The van der Waals surface area contributed by atoms with Crippen LogP contribution in [-0.2, 0) is 4.79 Å². The quantitative estimate of drug-likeness (QED) is 0.805. The molecule has 0 radical (unpaired) electrons. The maximum absolute atomic E-state index is 11.4. The normalized spacial score (nSPS) is 10.8. The lowest BCUT2D eigenvalue weighted by atomic mass is 10.0. The molecule has 2 heteroatoms. The van der Waals surface area contributed by atoms with Crippen LogP contribution >= 0.6 is 0 Å². The first-order valence-electron chi connectivity index (χ1n) is 5.41. The van der Waals surface area contributed by atoms with Crippen LogP contribution < -0.4 is 5.32 Å². The molecule has 0 spiro atoms. The summed E-state index contributed by atoms with van der Waals surface area (Å²) in [6.07, 6.45) is 0. The first-order valence-corrected chi connectivity index (χ1v) is 5.41. The van der Waals surface area contributed by atoms with E-state index in [1.807, 2.05) is 26.0 Å². The Hall–Kier alpha value is -1.31. The summed E-state index contributed by atoms with van der Waals surface area (Å²) in [6.45, 7) is 8.08. The minimum absolute atomic E-state index is 0.0229. The Morgan fingerprint density at radius 2 is 1.60 bits per heavy atom. The number of hydrogen-bond acceptors (Lipinski definition) is 1. The number of carbonyl (C=O) groups is 1. The summed E-state index contributed by atoms with van der Waals surface area (Å²) in [5.41, 5.74) is 2.16. The van der Waals surface area contributed by atoms with Gasteiger partial charge in [-0.05, 0) is 23.6 Å². The molecule has 0 fully saturated rings. The Labute approximate surface area is 91.7 Å². The molecule has 0 saturated heterocycles. The second-order valence-electron chi connectivity index (χ2n) is 4.42. The minimum atomic E-state index is 0.0229. The van der Waals surface area contributed by atoms with Crippen molar-refractivity contribution >= 4 is 11.6 Å². The second kappa shape index (κ2) is 4.96. The van der Waals surface area contributed by atoms with E-state index in [0.29, 0.717) is 5.92 Å². The molecule has 1 rings (SSSR count). The van der Waals surface area contributed by atoms with Crippen LogP contribution in [0.15, 0.2) is 24.3 Å². The van der Waals surface area contributed by atoms with Crippen LogP contribution in [0.25, 0.3) is 0 Å². The summed E-state index contributed by atoms with van der Waals surface area (Å²) in [5.74, 6) is 0.613. The van der Waals surface area contributed by atoms with E-state index in [9.17, 15) is 4.79 Å². The van der Waals surface area contributed by atoms with Crippen LogP contribution in [0.4, 0.5) is 5.69 Å². The van der Waals surface area contributed by atoms with Crippen molar-refractivity contribution in [2.75, 3.05) is 5.32 Å². The number of anilines is 1. The maximum Gasteiger partial charge on any atom is 0.226 e. The fraction of sp³-hybridized carbons (Fsp3) is 0.462. The smallest absolute Gasteiger partial charge is 0.226 e. The third-order valence-electron chi connectivity index (χ3n) is 2.37. The molecular weight excluding hydrogens is 186 g/mol. The molecule has 1 N–H and O–H groups in total. The molecule has 0 aliphatic heterocycles. The van der Waals surface area contributed by atoms with Crippen LogP contribution in [0.2, 0.25) is 0 Å². The molecule has 1 aromatic carbocycles. The van der Waals surface area contributed by atoms with Crippen LogP contribution in [0, 0.1) is 5.92 Å². The molecule has 0 atom stereocenters. The van der Waals surface area contributed by atoms with Crippen molar-refractivity contribution in [3.05, 3.63) is 29.8 Å². The number of amides is 1. The Morgan fingerprint density at radius 3 is 2.00 bits per heavy atom. The summed E-state index contributed by atoms with van der Waals surface area (Å²) >= 11 is 0. The summed E-state index contributed by atoms with van der Waals surface area (Å²) in [5, 5.41) is 2.87. The highest BCUT2D eigenvalue weighted by Crippen LogP contribution is 2.17. The zero-order valence-electron chi connectivity index (χ0n) is 9.87. The van der Waals surface area contributed by atoms with Gasteiger partial charge in [0.1, 0.15) is 0 Å². The number of benzene rings is 1. The predicted octanol–water partition coefficient (Wildman–Crippen LogP) is 3.40. The van der Waals surface area contributed by atoms with E-state index in [4.69, 9.17) is 0 Å². The zero-order chi connectivity index (χ0) is 11.4. The number of hydrogen-bond donors (Lipinski definition) is 1. The lowest BCUT2D eigenvalue weighted by molar-refractivity contribution is -0.118. The fourth-order valence-corrected chi connectivity index (χ4v) is 1.24. The van der Waals surface area contributed by atoms with Crippen molar-refractivity contribution in [3.8, 4) is 0 Å². The summed E-state index contributed by atoms with van der Waals surface area (Å²) in [7, 11) is 0. The van der Waals surface area contributed by atoms with Gasteiger partial charge in [-0.3, -0.25) is 4.79 Å². The highest BCUT2D eigenvalue weighted by molar-refractivity contribution is 5.92. The predicted molar refractivity (Wildman–Crippen MR) is 64.0 cm³/mol. The van der Waals surface area contributed by atoms with Crippen LogP contribution in [0.1, 0.15) is 39.2 Å². The number of rotatable bonds is 3. The molecule has 15 heavy (non-hydrogen) atoms. The molecule has 0 bridgehead atoms. The van der Waals surface area contributed by atoms with Gasteiger partial charge in [-0.25, -0.2) is 0 Å². The Morgan fingerprint density at radius 1 is 1.07 bits per heavy atom. The zero-order valence-corrected chi connectivity index (χ0v) is 9.87. The molecule has 82 valence electrons. The van der Waals surface area contributed by atoms with E-state index < -0.39 is 0 Å². The topological polar surface area (TPSA) is 29.1 Å². The standard InChI is InChI=1S/C13H19NO/c1-9(2)11-5-7-12(8-6-11)14-13(15)10(3)4/h5-10H,1-4H3,(H,14,15). The van der Waals surface area contributed by atoms with Crippen molar-refractivity contribution in [2.45, 2.75) is 33.6 Å². The van der Waals surface area contributed by atoms with Crippen LogP contribution in [0.3, 0.4) is 0 Å². The fourth-order valence-electron chi connectivity index (χ4n) is 1.24. The Kier molecular flexibility index (Phi) is 3.89. The Bertz CT molecular complexity index is 325. The highest BCUT2D eigenvalue weighted by Gasteiger charge is 2.06. The van der Waals surface area contributed by atoms with E-state index in [2.05, 4.69) is 31.3 Å². The van der Waals surface area contributed by atoms with Gasteiger partial charge in [-0.1, -0.05) is 39.8 Å². The molecule has 0 saturated carbocycles. The third-order valence-corrected chi connectivity index (χ3v) is 2.37. The molecule has 0 aliphatic carbocycles. The second-order valence-corrected chi connectivity index (χ2v) is 4.42. The van der Waals surface area contributed by atoms with E-state index in [-0.39, 0.29) is 11.8 Å². The minimum Gasteiger partial charge on any atom is -0.326 e. The van der Waals surface area contributed by atoms with Gasteiger partial charge in [0.15, 0.2) is 0 Å². The van der Waals surface area contributed by atoms with Gasteiger partial charge < -0.3 is 5.32 Å². The van der Waals surface area contributed by atoms with Gasteiger partial charge in [0.25, 0.3) is 0 Å². The number of nitrogens with one attached hydrogen (secondary N) is 1. The lowest BCUT2D eigenvalue weighted by Crippen LogP contribution is -2.17. The average Bonchev–Trinajstić information content (AvgIpc) is 2.18. The van der Waals surface area contributed by atoms with Crippen LogP contribution in [0.5, 0.6) is 0 Å². The molecule has 0 heterocycles.